The number of nitrogens with one attached hydrogen (secondary N) is 1. The maximum Gasteiger partial charge on any atom is 0.251 e. The first-order valence-electron chi connectivity index (χ1n) is 6.11. The molecule has 0 fully saturated rings. The minimum atomic E-state index is 0.0453. The summed E-state index contributed by atoms with van der Waals surface area (Å²) in [6.07, 6.45) is 1.97. The second kappa shape index (κ2) is 7.49. The van der Waals surface area contributed by atoms with Gasteiger partial charge in [-0.05, 0) is 30.4 Å². The second-order valence-corrected chi connectivity index (χ2v) is 5.10. The molecule has 1 aromatic rings. The van der Waals surface area contributed by atoms with Gasteiger partial charge in [0.15, 0.2) is 0 Å². The molecule has 0 aromatic heterocycles. The average molecular weight is 298 g/mol. The van der Waals surface area contributed by atoms with Crippen molar-refractivity contribution in [2.45, 2.75) is 26.7 Å². The van der Waals surface area contributed by atoms with Gasteiger partial charge in [0.2, 0.25) is 0 Å². The average Bonchev–Trinajstić information content (AvgIpc) is 2.36. The largest absolute Gasteiger partial charge is 0.352 e. The summed E-state index contributed by atoms with van der Waals surface area (Å²) >= 11 is 3.41. The number of hydrogen-bond donors (Lipinski definition) is 1. The van der Waals surface area contributed by atoms with Gasteiger partial charge >= 0.3 is 0 Å². The lowest BCUT2D eigenvalue weighted by molar-refractivity contribution is 0.0947. The zero-order valence-electron chi connectivity index (χ0n) is 10.5. The second-order valence-electron chi connectivity index (χ2n) is 4.30. The third kappa shape index (κ3) is 4.50. The molecule has 0 aliphatic carbocycles. The summed E-state index contributed by atoms with van der Waals surface area (Å²) in [5.74, 6) is 0.552. The molecule has 1 atom stereocenters. The predicted octanol–water partition coefficient (Wildman–Crippen LogP) is 3.40. The molecule has 2 nitrogen and oxygen atoms in total. The van der Waals surface area contributed by atoms with Gasteiger partial charge in [0.05, 0.1) is 0 Å². The van der Waals surface area contributed by atoms with E-state index in [4.69, 9.17) is 0 Å². The number of amides is 1. The van der Waals surface area contributed by atoms with Crippen LogP contribution in [0.25, 0.3) is 0 Å². The normalized spacial score (nSPS) is 12.2. The Hall–Kier alpha value is -0.830. The van der Waals surface area contributed by atoms with E-state index in [2.05, 4.69) is 35.1 Å². The molecule has 1 aromatic carbocycles. The number of halogens is 1. The molecule has 94 valence electrons. The Balaban J connectivity index is 2.58. The van der Waals surface area contributed by atoms with Crippen molar-refractivity contribution in [3.63, 3.8) is 0 Å². The van der Waals surface area contributed by atoms with E-state index in [1.54, 1.807) is 0 Å². The van der Waals surface area contributed by atoms with Crippen LogP contribution in [0.1, 0.15) is 36.2 Å². The van der Waals surface area contributed by atoms with Crippen LogP contribution in [0.3, 0.4) is 0 Å². The van der Waals surface area contributed by atoms with E-state index in [-0.39, 0.29) is 5.91 Å². The molecule has 1 unspecified atom stereocenters. The summed E-state index contributed by atoms with van der Waals surface area (Å²) in [7, 11) is 0. The van der Waals surface area contributed by atoms with Crippen molar-refractivity contribution >= 4 is 21.8 Å². The van der Waals surface area contributed by atoms with Crippen molar-refractivity contribution in [2.24, 2.45) is 5.92 Å². The monoisotopic (exact) mass is 297 g/mol. The molecule has 0 heterocycles. The molecule has 0 aliphatic rings. The Morgan fingerprint density at radius 2 is 2.12 bits per heavy atom. The maximum atomic E-state index is 12.0. The van der Waals surface area contributed by atoms with Crippen LogP contribution < -0.4 is 5.32 Å². The highest BCUT2D eigenvalue weighted by Crippen LogP contribution is 2.10. The Labute approximate surface area is 112 Å². The summed E-state index contributed by atoms with van der Waals surface area (Å²) in [6.45, 7) is 4.95. The molecule has 0 saturated carbocycles. The molecule has 1 rings (SSSR count). The summed E-state index contributed by atoms with van der Waals surface area (Å²) in [5.41, 5.74) is 1.92. The van der Waals surface area contributed by atoms with Crippen LogP contribution in [0.15, 0.2) is 24.3 Å². The van der Waals surface area contributed by atoms with Gasteiger partial charge in [0, 0.05) is 17.4 Å². The number of alkyl halides is 1. The van der Waals surface area contributed by atoms with Crippen LogP contribution in [-0.4, -0.2) is 17.8 Å². The van der Waals surface area contributed by atoms with E-state index in [9.17, 15) is 4.79 Å². The SMILES string of the molecule is CCc1ccccc1C(=O)NCC(C)CCBr. The van der Waals surface area contributed by atoms with Gasteiger partial charge in [-0.3, -0.25) is 4.79 Å². The van der Waals surface area contributed by atoms with Crippen LogP contribution in [0.4, 0.5) is 0 Å². The number of rotatable bonds is 6. The van der Waals surface area contributed by atoms with Crippen LogP contribution >= 0.6 is 15.9 Å². The summed E-state index contributed by atoms with van der Waals surface area (Å²) in [6, 6.07) is 7.79. The number of benzene rings is 1. The standard InChI is InChI=1S/C14H20BrNO/c1-3-12-6-4-5-7-13(12)14(17)16-10-11(2)8-9-15/h4-7,11H,3,8-10H2,1-2H3,(H,16,17). The number of carbonyl (C=O) groups excluding carboxylic acids is 1. The fraction of sp³-hybridized carbons (Fsp3) is 0.500. The van der Waals surface area contributed by atoms with Crippen LogP contribution in [-0.2, 0) is 6.42 Å². The highest BCUT2D eigenvalue weighted by molar-refractivity contribution is 9.09. The van der Waals surface area contributed by atoms with Crippen molar-refractivity contribution in [1.29, 1.82) is 0 Å². The van der Waals surface area contributed by atoms with E-state index in [1.807, 2.05) is 24.3 Å². The zero-order valence-corrected chi connectivity index (χ0v) is 12.1. The van der Waals surface area contributed by atoms with Crippen molar-refractivity contribution in [3.8, 4) is 0 Å². The van der Waals surface area contributed by atoms with Crippen molar-refractivity contribution in [3.05, 3.63) is 35.4 Å². The van der Waals surface area contributed by atoms with Gasteiger partial charge in [0.1, 0.15) is 0 Å². The number of aryl methyl sites for hydroxylation is 1. The van der Waals surface area contributed by atoms with E-state index in [1.165, 1.54) is 0 Å². The number of hydrogen-bond acceptors (Lipinski definition) is 1. The molecule has 0 bridgehead atoms. The number of carbonyl (C=O) groups is 1. The highest BCUT2D eigenvalue weighted by Gasteiger charge is 2.10. The minimum Gasteiger partial charge on any atom is -0.352 e. The molecular formula is C14H20BrNO. The van der Waals surface area contributed by atoms with Crippen molar-refractivity contribution in [1.82, 2.24) is 5.32 Å². The Morgan fingerprint density at radius 3 is 2.76 bits per heavy atom. The molecule has 1 N–H and O–H groups in total. The third-order valence-electron chi connectivity index (χ3n) is 2.86. The van der Waals surface area contributed by atoms with Gasteiger partial charge < -0.3 is 5.32 Å². The molecule has 0 aliphatic heterocycles. The first kappa shape index (κ1) is 14.2. The fourth-order valence-corrected chi connectivity index (χ4v) is 2.48. The van der Waals surface area contributed by atoms with E-state index >= 15 is 0 Å². The van der Waals surface area contributed by atoms with Gasteiger partial charge in [-0.25, -0.2) is 0 Å². The van der Waals surface area contributed by atoms with Gasteiger partial charge in [-0.15, -0.1) is 0 Å². The Bertz CT molecular complexity index is 365. The predicted molar refractivity (Wildman–Crippen MR) is 75.7 cm³/mol. The topological polar surface area (TPSA) is 29.1 Å². The molecular weight excluding hydrogens is 278 g/mol. The summed E-state index contributed by atoms with van der Waals surface area (Å²) < 4.78 is 0. The highest BCUT2D eigenvalue weighted by atomic mass is 79.9. The maximum absolute atomic E-state index is 12.0. The van der Waals surface area contributed by atoms with Gasteiger partial charge in [-0.1, -0.05) is 48.0 Å². The zero-order chi connectivity index (χ0) is 12.7. The van der Waals surface area contributed by atoms with Crippen LogP contribution in [0, 0.1) is 5.92 Å². The quantitative estimate of drug-likeness (QED) is 0.801. The van der Waals surface area contributed by atoms with Crippen LogP contribution in [0.5, 0.6) is 0 Å². The minimum absolute atomic E-state index is 0.0453. The molecule has 0 radical (unpaired) electrons. The first-order chi connectivity index (χ1) is 8.19. The lowest BCUT2D eigenvalue weighted by atomic mass is 10.0. The first-order valence-corrected chi connectivity index (χ1v) is 7.23. The van der Waals surface area contributed by atoms with E-state index in [0.29, 0.717) is 5.92 Å². The molecule has 0 spiro atoms. The smallest absolute Gasteiger partial charge is 0.251 e. The lowest BCUT2D eigenvalue weighted by Crippen LogP contribution is -2.29. The van der Waals surface area contributed by atoms with Crippen molar-refractivity contribution in [2.75, 3.05) is 11.9 Å². The molecule has 17 heavy (non-hydrogen) atoms. The molecule has 3 heteroatoms. The van der Waals surface area contributed by atoms with Gasteiger partial charge in [0.25, 0.3) is 5.91 Å². The van der Waals surface area contributed by atoms with E-state index in [0.717, 1.165) is 35.8 Å². The third-order valence-corrected chi connectivity index (χ3v) is 3.31. The van der Waals surface area contributed by atoms with E-state index < -0.39 is 0 Å². The molecule has 0 saturated heterocycles. The summed E-state index contributed by atoms with van der Waals surface area (Å²) in [5, 5.41) is 3.98. The summed E-state index contributed by atoms with van der Waals surface area (Å²) in [4.78, 5) is 12.0. The van der Waals surface area contributed by atoms with Crippen molar-refractivity contribution < 1.29 is 4.79 Å². The van der Waals surface area contributed by atoms with Crippen LogP contribution in [0.2, 0.25) is 0 Å². The fourth-order valence-electron chi connectivity index (χ4n) is 1.70. The van der Waals surface area contributed by atoms with Gasteiger partial charge in [-0.2, -0.15) is 0 Å². The Morgan fingerprint density at radius 1 is 1.41 bits per heavy atom. The molecule has 1 amide bonds. The Kier molecular flexibility index (Phi) is 6.27. The lowest BCUT2D eigenvalue weighted by Gasteiger charge is -2.12.